The third kappa shape index (κ3) is 6.92. The van der Waals surface area contributed by atoms with Crippen LogP contribution in [0.1, 0.15) is 33.4 Å². The van der Waals surface area contributed by atoms with Crippen molar-refractivity contribution in [1.29, 1.82) is 0 Å². The maximum absolute atomic E-state index is 15.2. The Bertz CT molecular complexity index is 2500. The number of aromatic nitrogens is 2. The first-order chi connectivity index (χ1) is 25.7. The van der Waals surface area contributed by atoms with Crippen LogP contribution in [-0.2, 0) is 12.4 Å². The molecule has 270 valence electrons. The molecule has 0 aliphatic rings. The molecule has 0 unspecified atom stereocenters. The fourth-order valence-electron chi connectivity index (χ4n) is 7.27. The van der Waals surface area contributed by atoms with E-state index in [0.717, 1.165) is 56.1 Å². The van der Waals surface area contributed by atoms with E-state index in [1.54, 1.807) is 24.5 Å². The van der Waals surface area contributed by atoms with Crippen molar-refractivity contribution in [3.63, 3.8) is 0 Å². The molecule has 2 heterocycles. The van der Waals surface area contributed by atoms with E-state index >= 15 is 13.2 Å². The highest BCUT2D eigenvalue weighted by Crippen LogP contribution is 2.50. The summed E-state index contributed by atoms with van der Waals surface area (Å²) < 4.78 is 89.5. The lowest BCUT2D eigenvalue weighted by Gasteiger charge is -2.25. The zero-order valence-corrected chi connectivity index (χ0v) is 29.9. The SMILES string of the molecule is Cc1cc(C)c(-c2cc(-c3ccccc3C)c(-c3cc(-c4cccnc4)c(C(F)(F)F)cc3C(F)(F)F)cc2-c2ccccc2C)cc1-c1cccnc1. The van der Waals surface area contributed by atoms with Gasteiger partial charge in [-0.2, -0.15) is 26.3 Å². The molecule has 0 bridgehead atoms. The van der Waals surface area contributed by atoms with Gasteiger partial charge in [0.2, 0.25) is 0 Å². The Hall–Kier alpha value is -6.02. The van der Waals surface area contributed by atoms with Gasteiger partial charge in [-0.1, -0.05) is 66.7 Å². The summed E-state index contributed by atoms with van der Waals surface area (Å²) in [6, 6.07) is 30.7. The fourth-order valence-corrected chi connectivity index (χ4v) is 7.27. The van der Waals surface area contributed by atoms with Gasteiger partial charge >= 0.3 is 12.4 Å². The van der Waals surface area contributed by atoms with Gasteiger partial charge in [-0.15, -0.1) is 0 Å². The molecule has 5 aromatic carbocycles. The van der Waals surface area contributed by atoms with E-state index in [1.807, 2.05) is 88.4 Å². The van der Waals surface area contributed by atoms with Crippen LogP contribution < -0.4 is 0 Å². The number of hydrogen-bond acceptors (Lipinski definition) is 2. The van der Waals surface area contributed by atoms with Gasteiger partial charge in [0, 0.05) is 35.9 Å². The highest BCUT2D eigenvalue weighted by Gasteiger charge is 2.41. The van der Waals surface area contributed by atoms with Gasteiger partial charge in [0.1, 0.15) is 0 Å². The van der Waals surface area contributed by atoms with Crippen molar-refractivity contribution >= 4 is 0 Å². The number of rotatable bonds is 6. The van der Waals surface area contributed by atoms with Gasteiger partial charge < -0.3 is 0 Å². The molecule has 0 N–H and O–H groups in total. The van der Waals surface area contributed by atoms with Crippen LogP contribution in [0.5, 0.6) is 0 Å². The molecule has 0 fully saturated rings. The summed E-state index contributed by atoms with van der Waals surface area (Å²) in [5.41, 5.74) is 6.30. The van der Waals surface area contributed by atoms with Gasteiger partial charge in [-0.3, -0.25) is 9.97 Å². The van der Waals surface area contributed by atoms with Crippen LogP contribution in [0.15, 0.2) is 134 Å². The topological polar surface area (TPSA) is 25.8 Å². The Balaban J connectivity index is 1.66. The van der Waals surface area contributed by atoms with Gasteiger partial charge in [0.25, 0.3) is 0 Å². The van der Waals surface area contributed by atoms with Crippen molar-refractivity contribution in [2.45, 2.75) is 40.0 Å². The monoisotopic (exact) mass is 728 g/mol. The van der Waals surface area contributed by atoms with E-state index < -0.39 is 29.0 Å². The number of aryl methyl sites for hydroxylation is 4. The Kier molecular flexibility index (Phi) is 9.48. The van der Waals surface area contributed by atoms with Crippen LogP contribution in [0.4, 0.5) is 26.3 Å². The highest BCUT2D eigenvalue weighted by molar-refractivity contribution is 5.98. The second kappa shape index (κ2) is 14.1. The smallest absolute Gasteiger partial charge is 0.264 e. The molecule has 0 saturated carbocycles. The average Bonchev–Trinajstić information content (AvgIpc) is 3.14. The molecule has 0 atom stereocenters. The number of alkyl halides is 6. The number of nitrogens with zero attached hydrogens (tertiary/aromatic N) is 2. The Morgan fingerprint density at radius 1 is 0.352 bits per heavy atom. The van der Waals surface area contributed by atoms with E-state index in [1.165, 1.54) is 24.5 Å². The summed E-state index contributed by atoms with van der Waals surface area (Å²) in [7, 11) is 0. The lowest BCUT2D eigenvalue weighted by atomic mass is 9.80. The molecule has 8 heteroatoms. The largest absolute Gasteiger partial charge is 0.417 e. The summed E-state index contributed by atoms with van der Waals surface area (Å²) in [4.78, 5) is 8.32. The van der Waals surface area contributed by atoms with E-state index in [4.69, 9.17) is 0 Å². The van der Waals surface area contributed by atoms with Crippen LogP contribution in [0.25, 0.3) is 66.8 Å². The van der Waals surface area contributed by atoms with E-state index in [-0.39, 0.29) is 22.8 Å². The Labute approximate surface area is 309 Å². The second-order valence-corrected chi connectivity index (χ2v) is 13.5. The molecule has 2 nitrogen and oxygen atoms in total. The molecule has 0 aliphatic carbocycles. The van der Waals surface area contributed by atoms with Gasteiger partial charge in [-0.05, 0) is 148 Å². The van der Waals surface area contributed by atoms with Crippen molar-refractivity contribution in [3.05, 3.63) is 167 Å². The number of benzene rings is 5. The summed E-state index contributed by atoms with van der Waals surface area (Å²) >= 11 is 0. The van der Waals surface area contributed by atoms with Crippen molar-refractivity contribution in [2.24, 2.45) is 0 Å². The molecule has 0 saturated heterocycles. The highest BCUT2D eigenvalue weighted by atomic mass is 19.4. The minimum atomic E-state index is -5.13. The van der Waals surface area contributed by atoms with E-state index in [0.29, 0.717) is 16.7 Å². The van der Waals surface area contributed by atoms with Crippen LogP contribution >= 0.6 is 0 Å². The van der Waals surface area contributed by atoms with Gasteiger partial charge in [-0.25, -0.2) is 0 Å². The number of halogens is 6. The van der Waals surface area contributed by atoms with Crippen LogP contribution in [0.3, 0.4) is 0 Å². The fraction of sp³-hybridized carbons (Fsp3) is 0.130. The van der Waals surface area contributed by atoms with Crippen LogP contribution in [0, 0.1) is 27.7 Å². The van der Waals surface area contributed by atoms with Crippen molar-refractivity contribution in [2.75, 3.05) is 0 Å². The lowest BCUT2D eigenvalue weighted by molar-refractivity contribution is -0.142. The Morgan fingerprint density at radius 3 is 1.24 bits per heavy atom. The minimum Gasteiger partial charge on any atom is -0.264 e. The van der Waals surface area contributed by atoms with Crippen LogP contribution in [0.2, 0.25) is 0 Å². The maximum atomic E-state index is 15.2. The zero-order chi connectivity index (χ0) is 38.4. The quantitative estimate of drug-likeness (QED) is 0.159. The summed E-state index contributed by atoms with van der Waals surface area (Å²) in [5.74, 6) is 0. The maximum Gasteiger partial charge on any atom is 0.417 e. The predicted octanol–water partition coefficient (Wildman–Crippen LogP) is 13.7. The predicted molar refractivity (Wildman–Crippen MR) is 204 cm³/mol. The first-order valence-corrected chi connectivity index (χ1v) is 17.3. The first kappa shape index (κ1) is 36.3. The number of hydrogen-bond donors (Lipinski definition) is 0. The summed E-state index contributed by atoms with van der Waals surface area (Å²) in [6.07, 6.45) is -4.08. The molecule has 7 aromatic rings. The molecular formula is C46H34F6N2. The Morgan fingerprint density at radius 2 is 0.759 bits per heavy atom. The standard InChI is InChI=1S/C46H34F6N2/c1-27-11-5-7-15-33(27)38-23-41(42-21-37(32-14-10-18-54-26-32)43(45(47,48)49)24-44(42)46(50,51)52)39(34-16-8-6-12-28(34)2)22-40(38)36-20-35(29(3)19-30(36)4)31-13-9-17-53-25-31/h5-26H,1-4H3. The lowest BCUT2D eigenvalue weighted by Crippen LogP contribution is -2.14. The van der Waals surface area contributed by atoms with Gasteiger partial charge in [0.05, 0.1) is 11.1 Å². The van der Waals surface area contributed by atoms with Crippen molar-refractivity contribution < 1.29 is 26.3 Å². The molecule has 0 amide bonds. The molecule has 2 aromatic heterocycles. The normalized spacial score (nSPS) is 11.9. The molecule has 0 aliphatic heterocycles. The molecular weight excluding hydrogens is 695 g/mol. The van der Waals surface area contributed by atoms with Crippen molar-refractivity contribution in [1.82, 2.24) is 9.97 Å². The van der Waals surface area contributed by atoms with Crippen molar-refractivity contribution in [3.8, 4) is 66.8 Å². The molecule has 0 radical (unpaired) electrons. The third-order valence-corrected chi connectivity index (χ3v) is 9.89. The van der Waals surface area contributed by atoms with E-state index in [2.05, 4.69) is 22.1 Å². The summed E-state index contributed by atoms with van der Waals surface area (Å²) in [6.45, 7) is 7.81. The molecule has 7 rings (SSSR count). The van der Waals surface area contributed by atoms with Crippen LogP contribution in [-0.4, -0.2) is 9.97 Å². The third-order valence-electron chi connectivity index (χ3n) is 9.89. The minimum absolute atomic E-state index is 0.0474. The average molecular weight is 729 g/mol. The molecule has 54 heavy (non-hydrogen) atoms. The zero-order valence-electron chi connectivity index (χ0n) is 29.9. The molecule has 0 spiro atoms. The van der Waals surface area contributed by atoms with Gasteiger partial charge in [0.15, 0.2) is 0 Å². The summed E-state index contributed by atoms with van der Waals surface area (Å²) in [5, 5.41) is 0. The number of pyridine rings is 2. The van der Waals surface area contributed by atoms with E-state index in [9.17, 15) is 13.2 Å². The second-order valence-electron chi connectivity index (χ2n) is 13.5. The first-order valence-electron chi connectivity index (χ1n) is 17.3.